The molecule has 0 radical (unpaired) electrons. The molecule has 124 valence electrons. The SMILES string of the molecule is O=C1CC[C@H]2C[C@@](C(=O)NCC(F)F)(c3ccc(F)cc3)CN12. The second kappa shape index (κ2) is 5.86. The Bertz CT molecular complexity index is 620. The molecule has 2 saturated heterocycles. The van der Waals surface area contributed by atoms with Crippen molar-refractivity contribution in [3.05, 3.63) is 35.6 Å². The minimum Gasteiger partial charge on any atom is -0.350 e. The molecule has 2 atom stereocenters. The molecular formula is C16H17F3N2O2. The number of benzene rings is 1. The number of halogens is 3. The van der Waals surface area contributed by atoms with E-state index in [-0.39, 0.29) is 18.5 Å². The third kappa shape index (κ3) is 2.80. The lowest BCUT2D eigenvalue weighted by Crippen LogP contribution is -2.48. The molecule has 0 aliphatic carbocycles. The molecule has 23 heavy (non-hydrogen) atoms. The van der Waals surface area contributed by atoms with Crippen LogP contribution in [0.25, 0.3) is 0 Å². The minimum absolute atomic E-state index is 0.0272. The van der Waals surface area contributed by atoms with Crippen LogP contribution in [0.1, 0.15) is 24.8 Å². The number of alkyl halides is 2. The first-order valence-electron chi connectivity index (χ1n) is 7.54. The van der Waals surface area contributed by atoms with E-state index in [9.17, 15) is 22.8 Å². The van der Waals surface area contributed by atoms with Gasteiger partial charge in [0.15, 0.2) is 0 Å². The number of amides is 2. The van der Waals surface area contributed by atoms with Crippen molar-refractivity contribution >= 4 is 11.8 Å². The van der Waals surface area contributed by atoms with Crippen molar-refractivity contribution in [2.75, 3.05) is 13.1 Å². The lowest BCUT2D eigenvalue weighted by atomic mass is 9.77. The molecule has 0 unspecified atom stereocenters. The lowest BCUT2D eigenvalue weighted by Gasteiger charge is -2.29. The van der Waals surface area contributed by atoms with Gasteiger partial charge in [0.2, 0.25) is 11.8 Å². The van der Waals surface area contributed by atoms with Crippen LogP contribution in [-0.2, 0) is 15.0 Å². The van der Waals surface area contributed by atoms with Gasteiger partial charge in [0.05, 0.1) is 12.0 Å². The molecule has 7 heteroatoms. The third-order valence-corrected chi connectivity index (χ3v) is 4.73. The standard InChI is InChI=1S/C16H17F3N2O2/c17-11-3-1-10(2-4-11)16(15(23)20-8-13(18)19)7-12-5-6-14(22)21(12)9-16/h1-4,12-13H,5-9H2,(H,20,23)/t12-,16-/m0/s1. The van der Waals surface area contributed by atoms with Crippen molar-refractivity contribution in [3.8, 4) is 0 Å². The van der Waals surface area contributed by atoms with Crippen LogP contribution in [-0.4, -0.2) is 42.3 Å². The van der Waals surface area contributed by atoms with Crippen molar-refractivity contribution in [2.24, 2.45) is 0 Å². The van der Waals surface area contributed by atoms with E-state index < -0.39 is 30.1 Å². The summed E-state index contributed by atoms with van der Waals surface area (Å²) in [6, 6.07) is 5.39. The summed E-state index contributed by atoms with van der Waals surface area (Å²) in [4.78, 5) is 26.2. The molecule has 1 aromatic carbocycles. The fraction of sp³-hybridized carbons (Fsp3) is 0.500. The van der Waals surface area contributed by atoms with Crippen LogP contribution in [0.5, 0.6) is 0 Å². The molecule has 0 bridgehead atoms. The van der Waals surface area contributed by atoms with Crippen LogP contribution in [0, 0.1) is 5.82 Å². The maximum absolute atomic E-state index is 13.2. The zero-order valence-corrected chi connectivity index (χ0v) is 12.4. The van der Waals surface area contributed by atoms with Gasteiger partial charge >= 0.3 is 0 Å². The predicted molar refractivity (Wildman–Crippen MR) is 76.4 cm³/mol. The molecule has 4 nitrogen and oxygen atoms in total. The number of nitrogens with zero attached hydrogens (tertiary/aromatic N) is 1. The van der Waals surface area contributed by atoms with Crippen molar-refractivity contribution < 1.29 is 22.8 Å². The normalized spacial score (nSPS) is 26.7. The summed E-state index contributed by atoms with van der Waals surface area (Å²) in [7, 11) is 0. The molecule has 1 N–H and O–H groups in total. The van der Waals surface area contributed by atoms with Gasteiger partial charge in [0, 0.05) is 19.0 Å². The molecule has 2 fully saturated rings. The second-order valence-corrected chi connectivity index (χ2v) is 6.11. The fourth-order valence-corrected chi connectivity index (χ4v) is 3.59. The number of hydrogen-bond donors (Lipinski definition) is 1. The first kappa shape index (κ1) is 15.8. The first-order valence-corrected chi connectivity index (χ1v) is 7.54. The maximum atomic E-state index is 13.2. The summed E-state index contributed by atoms with van der Waals surface area (Å²) in [6.45, 7) is -0.586. The molecule has 3 rings (SSSR count). The molecule has 2 amide bonds. The summed E-state index contributed by atoms with van der Waals surface area (Å²) in [5, 5.41) is 2.26. The van der Waals surface area contributed by atoms with Crippen LogP contribution in [0.3, 0.4) is 0 Å². The smallest absolute Gasteiger partial charge is 0.255 e. The summed E-state index contributed by atoms with van der Waals surface area (Å²) in [5.74, 6) is -1.00. The van der Waals surface area contributed by atoms with Crippen LogP contribution in [0.4, 0.5) is 13.2 Å². The maximum Gasteiger partial charge on any atom is 0.255 e. The van der Waals surface area contributed by atoms with Crippen molar-refractivity contribution in [3.63, 3.8) is 0 Å². The molecule has 2 heterocycles. The van der Waals surface area contributed by atoms with E-state index in [0.29, 0.717) is 24.8 Å². The Labute approximate surface area is 131 Å². The van der Waals surface area contributed by atoms with E-state index in [2.05, 4.69) is 5.32 Å². The Morgan fingerprint density at radius 1 is 1.35 bits per heavy atom. The van der Waals surface area contributed by atoms with Crippen LogP contribution < -0.4 is 5.32 Å². The Balaban J connectivity index is 1.92. The Kier molecular flexibility index (Phi) is 4.04. The molecule has 2 aliphatic rings. The van der Waals surface area contributed by atoms with Gasteiger partial charge in [0.1, 0.15) is 5.82 Å². The summed E-state index contributed by atoms with van der Waals surface area (Å²) in [5.41, 5.74) is -0.545. The average Bonchev–Trinajstić information content (AvgIpc) is 3.06. The van der Waals surface area contributed by atoms with E-state index in [4.69, 9.17) is 0 Å². The molecule has 0 saturated carbocycles. The van der Waals surface area contributed by atoms with E-state index in [0.717, 1.165) is 0 Å². The molecule has 0 spiro atoms. The molecular weight excluding hydrogens is 309 g/mol. The van der Waals surface area contributed by atoms with Gasteiger partial charge in [-0.05, 0) is 30.5 Å². The summed E-state index contributed by atoms with van der Waals surface area (Å²) >= 11 is 0. The van der Waals surface area contributed by atoms with Gasteiger partial charge in [-0.15, -0.1) is 0 Å². The van der Waals surface area contributed by atoms with Gasteiger partial charge < -0.3 is 10.2 Å². The zero-order chi connectivity index (χ0) is 16.6. The Morgan fingerprint density at radius 3 is 2.65 bits per heavy atom. The number of carbonyl (C=O) groups excluding carboxylic acids is 2. The van der Waals surface area contributed by atoms with Crippen LogP contribution >= 0.6 is 0 Å². The van der Waals surface area contributed by atoms with Crippen molar-refractivity contribution in [2.45, 2.75) is 37.1 Å². The largest absolute Gasteiger partial charge is 0.350 e. The highest BCUT2D eigenvalue weighted by Gasteiger charge is 2.53. The topological polar surface area (TPSA) is 49.4 Å². The monoisotopic (exact) mass is 326 g/mol. The van der Waals surface area contributed by atoms with Crippen LogP contribution in [0.2, 0.25) is 0 Å². The second-order valence-electron chi connectivity index (χ2n) is 6.11. The molecule has 0 aromatic heterocycles. The van der Waals surface area contributed by atoms with Crippen LogP contribution in [0.15, 0.2) is 24.3 Å². The van der Waals surface area contributed by atoms with E-state index in [1.165, 1.54) is 24.3 Å². The summed E-state index contributed by atoms with van der Waals surface area (Å²) in [6.07, 6.45) is -1.17. The number of carbonyl (C=O) groups is 2. The number of nitrogens with one attached hydrogen (secondary N) is 1. The van der Waals surface area contributed by atoms with Gasteiger partial charge in [-0.2, -0.15) is 0 Å². The van der Waals surface area contributed by atoms with Gasteiger partial charge in [-0.3, -0.25) is 9.59 Å². The number of fused-ring (bicyclic) bond motifs is 1. The highest BCUT2D eigenvalue weighted by atomic mass is 19.3. The molecule has 2 aliphatic heterocycles. The number of rotatable bonds is 4. The first-order chi connectivity index (χ1) is 10.9. The number of hydrogen-bond acceptors (Lipinski definition) is 2. The van der Waals surface area contributed by atoms with Crippen molar-refractivity contribution in [1.82, 2.24) is 10.2 Å². The third-order valence-electron chi connectivity index (χ3n) is 4.73. The van der Waals surface area contributed by atoms with Gasteiger partial charge in [-0.1, -0.05) is 12.1 Å². The van der Waals surface area contributed by atoms with E-state index >= 15 is 0 Å². The Morgan fingerprint density at radius 2 is 2.04 bits per heavy atom. The quantitative estimate of drug-likeness (QED) is 0.918. The highest BCUT2D eigenvalue weighted by Crippen LogP contribution is 2.43. The van der Waals surface area contributed by atoms with Crippen molar-refractivity contribution in [1.29, 1.82) is 0 Å². The fourth-order valence-electron chi connectivity index (χ4n) is 3.59. The van der Waals surface area contributed by atoms with E-state index in [1.54, 1.807) is 4.90 Å². The predicted octanol–water partition coefficient (Wildman–Crippen LogP) is 1.84. The Hall–Kier alpha value is -2.05. The summed E-state index contributed by atoms with van der Waals surface area (Å²) < 4.78 is 38.0. The minimum atomic E-state index is -2.65. The zero-order valence-electron chi connectivity index (χ0n) is 12.4. The van der Waals surface area contributed by atoms with E-state index in [1.807, 2.05) is 0 Å². The molecule has 1 aromatic rings. The van der Waals surface area contributed by atoms with Gasteiger partial charge in [-0.25, -0.2) is 13.2 Å². The lowest BCUT2D eigenvalue weighted by molar-refractivity contribution is -0.129. The van der Waals surface area contributed by atoms with Gasteiger partial charge in [0.25, 0.3) is 6.43 Å². The highest BCUT2D eigenvalue weighted by molar-refractivity contribution is 5.91. The average molecular weight is 326 g/mol.